The number of benzene rings is 1. The minimum Gasteiger partial charge on any atom is -0.319 e. The van der Waals surface area contributed by atoms with E-state index in [1.807, 2.05) is 38.1 Å². The summed E-state index contributed by atoms with van der Waals surface area (Å²) in [5.41, 5.74) is 3.06. The molecule has 2 N–H and O–H groups in total. The molecule has 2 rings (SSSR count). The van der Waals surface area contributed by atoms with Crippen LogP contribution in [-0.2, 0) is 0 Å². The lowest BCUT2D eigenvalue weighted by Gasteiger charge is -2.05. The van der Waals surface area contributed by atoms with Gasteiger partial charge in [-0.3, -0.25) is 9.89 Å². The Hall–Kier alpha value is -1.37. The average Bonchev–Trinajstić information content (AvgIpc) is 2.61. The number of carbonyl (C=O) groups is 1. The van der Waals surface area contributed by atoms with Gasteiger partial charge in [-0.15, -0.1) is 0 Å². The molecule has 0 spiro atoms. The number of aryl methyl sites for hydroxylation is 2. The van der Waals surface area contributed by atoms with E-state index in [4.69, 9.17) is 0 Å². The van der Waals surface area contributed by atoms with E-state index >= 15 is 0 Å². The third kappa shape index (κ3) is 2.66. The zero-order valence-electron chi connectivity index (χ0n) is 9.54. The second-order valence-electron chi connectivity index (χ2n) is 3.77. The van der Waals surface area contributed by atoms with E-state index in [-0.39, 0.29) is 5.91 Å². The number of rotatable bonds is 2. The Morgan fingerprint density at radius 3 is 2.47 bits per heavy atom. The van der Waals surface area contributed by atoms with Gasteiger partial charge in [0.15, 0.2) is 0 Å². The fourth-order valence-corrected chi connectivity index (χ4v) is 1.88. The van der Waals surface area contributed by atoms with Gasteiger partial charge in [-0.1, -0.05) is 0 Å². The Morgan fingerprint density at radius 1 is 1.29 bits per heavy atom. The van der Waals surface area contributed by atoms with E-state index in [0.717, 1.165) is 20.6 Å². The Morgan fingerprint density at radius 2 is 1.94 bits per heavy atom. The van der Waals surface area contributed by atoms with Crippen LogP contribution < -0.4 is 5.32 Å². The molecule has 4 nitrogen and oxygen atoms in total. The lowest BCUT2D eigenvalue weighted by molar-refractivity contribution is 0.102. The van der Waals surface area contributed by atoms with Gasteiger partial charge in [0.2, 0.25) is 0 Å². The number of aromatic nitrogens is 2. The van der Waals surface area contributed by atoms with Gasteiger partial charge >= 0.3 is 0 Å². The van der Waals surface area contributed by atoms with Gasteiger partial charge in [0.05, 0.1) is 17.1 Å². The van der Waals surface area contributed by atoms with Crippen molar-refractivity contribution in [1.82, 2.24) is 10.2 Å². The van der Waals surface area contributed by atoms with Gasteiger partial charge in [0.25, 0.3) is 5.91 Å². The number of anilines is 1. The first-order valence-corrected chi connectivity index (χ1v) is 6.24. The third-order valence-corrected chi connectivity index (χ3v) is 3.19. The van der Waals surface area contributed by atoms with Gasteiger partial charge < -0.3 is 5.32 Å². The molecule has 17 heavy (non-hydrogen) atoms. The minimum absolute atomic E-state index is 0.117. The van der Waals surface area contributed by atoms with Crippen molar-refractivity contribution in [1.29, 1.82) is 0 Å². The smallest absolute Gasteiger partial charge is 0.255 e. The summed E-state index contributed by atoms with van der Waals surface area (Å²) in [6.45, 7) is 3.73. The molecule has 5 heteroatoms. The second kappa shape index (κ2) is 4.87. The van der Waals surface area contributed by atoms with Crippen LogP contribution in [0.2, 0.25) is 0 Å². The monoisotopic (exact) mass is 341 g/mol. The summed E-state index contributed by atoms with van der Waals surface area (Å²) < 4.78 is 1.11. The van der Waals surface area contributed by atoms with Crippen LogP contribution in [0.25, 0.3) is 0 Å². The molecule has 0 aliphatic heterocycles. The van der Waals surface area contributed by atoms with Crippen molar-refractivity contribution in [2.75, 3.05) is 5.32 Å². The van der Waals surface area contributed by atoms with Crippen molar-refractivity contribution in [2.24, 2.45) is 0 Å². The maximum Gasteiger partial charge on any atom is 0.255 e. The number of hydrogen-bond donors (Lipinski definition) is 2. The number of nitrogens with zero attached hydrogens (tertiary/aromatic N) is 1. The first-order valence-electron chi connectivity index (χ1n) is 5.16. The van der Waals surface area contributed by atoms with Crippen molar-refractivity contribution < 1.29 is 4.79 Å². The van der Waals surface area contributed by atoms with Crippen LogP contribution in [0.1, 0.15) is 21.7 Å². The first-order chi connectivity index (χ1) is 8.08. The molecule has 0 bridgehead atoms. The van der Waals surface area contributed by atoms with Crippen molar-refractivity contribution in [3.05, 3.63) is 44.8 Å². The summed E-state index contributed by atoms with van der Waals surface area (Å²) in [6.07, 6.45) is 0. The Bertz CT molecular complexity index is 526. The molecule has 1 aromatic heterocycles. The van der Waals surface area contributed by atoms with Gasteiger partial charge in [0, 0.05) is 9.13 Å². The summed E-state index contributed by atoms with van der Waals surface area (Å²) in [5.74, 6) is -0.117. The van der Waals surface area contributed by atoms with Gasteiger partial charge in [-0.2, -0.15) is 5.10 Å². The zero-order valence-corrected chi connectivity index (χ0v) is 11.7. The van der Waals surface area contributed by atoms with Crippen LogP contribution in [0.3, 0.4) is 0 Å². The summed E-state index contributed by atoms with van der Waals surface area (Å²) in [6, 6.07) is 7.43. The van der Waals surface area contributed by atoms with Crippen molar-refractivity contribution in [3.8, 4) is 0 Å². The van der Waals surface area contributed by atoms with E-state index in [2.05, 4.69) is 38.1 Å². The summed E-state index contributed by atoms with van der Waals surface area (Å²) in [4.78, 5) is 12.0. The molecule has 0 saturated carbocycles. The van der Waals surface area contributed by atoms with Crippen LogP contribution in [0.4, 0.5) is 5.69 Å². The van der Waals surface area contributed by atoms with Crippen molar-refractivity contribution >= 4 is 34.2 Å². The quantitative estimate of drug-likeness (QED) is 0.826. The van der Waals surface area contributed by atoms with Crippen LogP contribution in [-0.4, -0.2) is 16.1 Å². The standard InChI is InChI=1S/C12H12IN3O/c1-7-11(8(2)16-15-7)14-12(17)9-3-5-10(13)6-4-9/h3-6H,1-2H3,(H,14,17)(H,15,16). The molecule has 88 valence electrons. The normalized spacial score (nSPS) is 10.3. The molecule has 2 aromatic rings. The highest BCUT2D eigenvalue weighted by atomic mass is 127. The molecular formula is C12H12IN3O. The highest BCUT2D eigenvalue weighted by Crippen LogP contribution is 2.17. The molecule has 0 radical (unpaired) electrons. The van der Waals surface area contributed by atoms with Crippen LogP contribution >= 0.6 is 22.6 Å². The average molecular weight is 341 g/mol. The predicted octanol–water partition coefficient (Wildman–Crippen LogP) is 2.88. The predicted molar refractivity (Wildman–Crippen MR) is 75.2 cm³/mol. The number of nitrogens with one attached hydrogen (secondary N) is 2. The highest BCUT2D eigenvalue weighted by Gasteiger charge is 2.11. The van der Waals surface area contributed by atoms with Crippen LogP contribution in [0.15, 0.2) is 24.3 Å². The molecule has 0 aliphatic carbocycles. The van der Waals surface area contributed by atoms with Crippen molar-refractivity contribution in [3.63, 3.8) is 0 Å². The van der Waals surface area contributed by atoms with Gasteiger partial charge in [0.1, 0.15) is 0 Å². The third-order valence-electron chi connectivity index (χ3n) is 2.47. The first kappa shape index (κ1) is 12.1. The molecule has 0 saturated heterocycles. The number of aromatic amines is 1. The van der Waals surface area contributed by atoms with E-state index < -0.39 is 0 Å². The Balaban J connectivity index is 2.20. The zero-order chi connectivity index (χ0) is 12.4. The molecule has 1 amide bonds. The topological polar surface area (TPSA) is 57.8 Å². The molecule has 0 unspecified atom stereocenters. The molecule has 0 fully saturated rings. The molecule has 0 aliphatic rings. The Kier molecular flexibility index (Phi) is 3.46. The van der Waals surface area contributed by atoms with E-state index in [1.165, 1.54) is 0 Å². The molecule has 1 aromatic carbocycles. The largest absolute Gasteiger partial charge is 0.319 e. The van der Waals surface area contributed by atoms with E-state index in [0.29, 0.717) is 5.56 Å². The highest BCUT2D eigenvalue weighted by molar-refractivity contribution is 14.1. The maximum absolute atomic E-state index is 12.0. The number of amides is 1. The number of hydrogen-bond acceptors (Lipinski definition) is 2. The summed E-state index contributed by atoms with van der Waals surface area (Å²) >= 11 is 2.21. The van der Waals surface area contributed by atoms with E-state index in [1.54, 1.807) is 0 Å². The van der Waals surface area contributed by atoms with Crippen LogP contribution in [0, 0.1) is 17.4 Å². The maximum atomic E-state index is 12.0. The van der Waals surface area contributed by atoms with Crippen molar-refractivity contribution in [2.45, 2.75) is 13.8 Å². The van der Waals surface area contributed by atoms with Crippen LogP contribution in [0.5, 0.6) is 0 Å². The summed E-state index contributed by atoms with van der Waals surface area (Å²) in [7, 11) is 0. The second-order valence-corrected chi connectivity index (χ2v) is 5.02. The number of halogens is 1. The molecule has 1 heterocycles. The SMILES string of the molecule is Cc1n[nH]c(C)c1NC(=O)c1ccc(I)cc1. The number of H-pyrrole nitrogens is 1. The Labute approximate surface area is 113 Å². The minimum atomic E-state index is -0.117. The fraction of sp³-hybridized carbons (Fsp3) is 0.167. The lowest BCUT2D eigenvalue weighted by atomic mass is 10.2. The van der Waals surface area contributed by atoms with Gasteiger partial charge in [-0.25, -0.2) is 0 Å². The fourth-order valence-electron chi connectivity index (χ4n) is 1.52. The lowest BCUT2D eigenvalue weighted by Crippen LogP contribution is -2.12. The van der Waals surface area contributed by atoms with E-state index in [9.17, 15) is 4.79 Å². The summed E-state index contributed by atoms with van der Waals surface area (Å²) in [5, 5.41) is 9.73. The molecular weight excluding hydrogens is 329 g/mol. The van der Waals surface area contributed by atoms with Gasteiger partial charge in [-0.05, 0) is 60.7 Å². The number of carbonyl (C=O) groups excluding carboxylic acids is 1. The molecule has 0 atom stereocenters.